The molecule has 0 aliphatic carbocycles. The van der Waals surface area contributed by atoms with Crippen molar-refractivity contribution in [1.82, 2.24) is 9.80 Å². The lowest BCUT2D eigenvalue weighted by atomic mass is 10.2. The Kier molecular flexibility index (Phi) is 3.28. The highest BCUT2D eigenvalue weighted by Crippen LogP contribution is 2.47. The highest BCUT2D eigenvalue weighted by Gasteiger charge is 2.53. The van der Waals surface area contributed by atoms with Crippen LogP contribution in [-0.2, 0) is 16.1 Å². The van der Waals surface area contributed by atoms with E-state index in [1.807, 2.05) is 6.07 Å². The summed E-state index contributed by atoms with van der Waals surface area (Å²) in [4.78, 5) is 27.9. The van der Waals surface area contributed by atoms with Crippen LogP contribution in [0.1, 0.15) is 25.5 Å². The van der Waals surface area contributed by atoms with E-state index in [1.165, 1.54) is 0 Å². The van der Waals surface area contributed by atoms with Gasteiger partial charge in [-0.15, -0.1) is 11.8 Å². The summed E-state index contributed by atoms with van der Waals surface area (Å²) in [5, 5.41) is 0. The number of hydrogen-bond acceptors (Lipinski definition) is 4. The Labute approximate surface area is 122 Å². The van der Waals surface area contributed by atoms with Gasteiger partial charge in [0.2, 0.25) is 11.8 Å². The predicted molar refractivity (Wildman–Crippen MR) is 75.9 cm³/mol. The second-order valence-corrected chi connectivity index (χ2v) is 7.04. The molecule has 2 amide bonds. The average molecular weight is 294 g/mol. The van der Waals surface area contributed by atoms with Crippen molar-refractivity contribution < 1.29 is 14.0 Å². The van der Waals surface area contributed by atoms with Gasteiger partial charge in [0, 0.05) is 19.2 Å². The van der Waals surface area contributed by atoms with E-state index in [0.29, 0.717) is 18.7 Å². The minimum absolute atomic E-state index is 0.00660. The van der Waals surface area contributed by atoms with Gasteiger partial charge in [0.25, 0.3) is 0 Å². The number of hydrogen-bond donors (Lipinski definition) is 0. The molecular weight excluding hydrogens is 276 g/mol. The molecule has 2 saturated heterocycles. The van der Waals surface area contributed by atoms with Crippen molar-refractivity contribution in [1.29, 1.82) is 0 Å². The number of rotatable bonds is 3. The van der Waals surface area contributed by atoms with Crippen LogP contribution in [0.25, 0.3) is 0 Å². The molecular formula is C14H18N2O3S. The molecule has 2 atom stereocenters. The lowest BCUT2D eigenvalue weighted by Gasteiger charge is -2.31. The molecule has 0 saturated carbocycles. The zero-order chi connectivity index (χ0) is 14.3. The van der Waals surface area contributed by atoms with Crippen LogP contribution in [0.4, 0.5) is 0 Å². The Hall–Kier alpha value is -1.43. The van der Waals surface area contributed by atoms with Crippen molar-refractivity contribution in [2.45, 2.75) is 37.2 Å². The molecule has 108 valence electrons. The summed E-state index contributed by atoms with van der Waals surface area (Å²) in [6.45, 7) is 2.49. The van der Waals surface area contributed by atoms with Gasteiger partial charge >= 0.3 is 0 Å². The molecule has 3 rings (SSSR count). The number of carbonyl (C=O) groups excluding carboxylic acids is 2. The van der Waals surface area contributed by atoms with Crippen LogP contribution in [0.5, 0.6) is 0 Å². The Balaban J connectivity index is 1.72. The smallest absolute Gasteiger partial charge is 0.246 e. The van der Waals surface area contributed by atoms with Crippen molar-refractivity contribution in [2.24, 2.45) is 0 Å². The summed E-state index contributed by atoms with van der Waals surface area (Å²) in [7, 11) is 1.76. The average Bonchev–Trinajstić information content (AvgIpc) is 3.08. The van der Waals surface area contributed by atoms with E-state index in [9.17, 15) is 9.59 Å². The number of nitrogens with zero attached hydrogens (tertiary/aromatic N) is 2. The summed E-state index contributed by atoms with van der Waals surface area (Å²) in [6.07, 6.45) is 2.98. The van der Waals surface area contributed by atoms with E-state index in [1.54, 1.807) is 40.9 Å². The van der Waals surface area contributed by atoms with Crippen molar-refractivity contribution >= 4 is 23.6 Å². The molecule has 5 nitrogen and oxygen atoms in total. The van der Waals surface area contributed by atoms with Crippen LogP contribution in [0, 0.1) is 0 Å². The maximum atomic E-state index is 12.6. The Morgan fingerprint density at radius 1 is 1.65 bits per heavy atom. The Bertz CT molecular complexity index is 531. The fourth-order valence-corrected chi connectivity index (χ4v) is 4.40. The van der Waals surface area contributed by atoms with Gasteiger partial charge in [-0.25, -0.2) is 0 Å². The zero-order valence-electron chi connectivity index (χ0n) is 11.7. The zero-order valence-corrected chi connectivity index (χ0v) is 12.5. The summed E-state index contributed by atoms with van der Waals surface area (Å²) < 4.78 is 5.26. The molecule has 0 aromatic carbocycles. The molecule has 6 heteroatoms. The molecule has 1 aromatic heterocycles. The minimum atomic E-state index is -0.333. The first-order valence-corrected chi connectivity index (χ1v) is 7.73. The Morgan fingerprint density at radius 2 is 2.45 bits per heavy atom. The molecule has 20 heavy (non-hydrogen) atoms. The van der Waals surface area contributed by atoms with Gasteiger partial charge in [0.05, 0.1) is 17.7 Å². The molecule has 2 fully saturated rings. The van der Waals surface area contributed by atoms with E-state index in [4.69, 9.17) is 4.42 Å². The molecule has 0 radical (unpaired) electrons. The molecule has 0 unspecified atom stereocenters. The maximum absolute atomic E-state index is 12.6. The second-order valence-electron chi connectivity index (χ2n) is 5.54. The lowest BCUT2D eigenvalue weighted by Crippen LogP contribution is -2.50. The van der Waals surface area contributed by atoms with Gasteiger partial charge in [-0.05, 0) is 25.5 Å². The van der Waals surface area contributed by atoms with Crippen molar-refractivity contribution in [3.8, 4) is 0 Å². The third-order valence-corrected chi connectivity index (χ3v) is 5.58. The first-order valence-electron chi connectivity index (χ1n) is 6.75. The van der Waals surface area contributed by atoms with Crippen LogP contribution >= 0.6 is 11.8 Å². The van der Waals surface area contributed by atoms with Crippen molar-refractivity contribution in [3.63, 3.8) is 0 Å². The second kappa shape index (κ2) is 4.84. The largest absolute Gasteiger partial charge is 0.467 e. The molecule has 3 heterocycles. The first kappa shape index (κ1) is 13.5. The van der Waals surface area contributed by atoms with Gasteiger partial charge < -0.3 is 14.2 Å². The van der Waals surface area contributed by atoms with Gasteiger partial charge in [-0.1, -0.05) is 0 Å². The Morgan fingerprint density at radius 3 is 3.15 bits per heavy atom. The van der Waals surface area contributed by atoms with Gasteiger partial charge in [-0.2, -0.15) is 0 Å². The van der Waals surface area contributed by atoms with E-state index < -0.39 is 0 Å². The van der Waals surface area contributed by atoms with Crippen LogP contribution in [0.3, 0.4) is 0 Å². The lowest BCUT2D eigenvalue weighted by molar-refractivity contribution is -0.143. The van der Waals surface area contributed by atoms with Crippen molar-refractivity contribution in [3.05, 3.63) is 24.2 Å². The van der Waals surface area contributed by atoms with Gasteiger partial charge in [-0.3, -0.25) is 9.59 Å². The number of amides is 2. The minimum Gasteiger partial charge on any atom is -0.467 e. The summed E-state index contributed by atoms with van der Waals surface area (Å²) >= 11 is 1.71. The summed E-state index contributed by atoms with van der Waals surface area (Å²) in [6, 6.07) is 3.32. The predicted octanol–water partition coefficient (Wildman–Crippen LogP) is 1.69. The topological polar surface area (TPSA) is 53.8 Å². The SMILES string of the molecule is CN(Cc1ccco1)C(=O)[C@@H]1CS[C@@]2(C)CCC(=O)N12. The van der Waals surface area contributed by atoms with E-state index in [0.717, 1.165) is 12.2 Å². The first-order chi connectivity index (χ1) is 9.51. The monoisotopic (exact) mass is 294 g/mol. The molecule has 0 N–H and O–H groups in total. The molecule has 2 aliphatic rings. The molecule has 2 aliphatic heterocycles. The highest BCUT2D eigenvalue weighted by atomic mass is 32.2. The third-order valence-electron chi connectivity index (χ3n) is 4.08. The number of fused-ring (bicyclic) bond motifs is 1. The van der Waals surface area contributed by atoms with Gasteiger partial charge in [0.15, 0.2) is 0 Å². The molecule has 0 bridgehead atoms. The van der Waals surface area contributed by atoms with Crippen LogP contribution < -0.4 is 0 Å². The van der Waals surface area contributed by atoms with E-state index in [2.05, 4.69) is 6.92 Å². The standard InChI is InChI=1S/C14H18N2O3S/c1-14-6-5-12(17)16(14)11(9-20-14)13(18)15(2)8-10-4-3-7-19-10/h3-4,7,11H,5-6,8-9H2,1-2H3/t11-,14-/m0/s1. The normalized spacial score (nSPS) is 28.8. The quantitative estimate of drug-likeness (QED) is 0.851. The maximum Gasteiger partial charge on any atom is 0.246 e. The summed E-state index contributed by atoms with van der Waals surface area (Å²) in [5.41, 5.74) is 0. The van der Waals surface area contributed by atoms with Crippen LogP contribution in [-0.4, -0.2) is 45.3 Å². The fraction of sp³-hybridized carbons (Fsp3) is 0.571. The summed E-state index contributed by atoms with van der Waals surface area (Å²) in [5.74, 6) is 1.53. The van der Waals surface area contributed by atoms with E-state index in [-0.39, 0.29) is 22.7 Å². The number of thioether (sulfide) groups is 1. The highest BCUT2D eigenvalue weighted by molar-refractivity contribution is 8.01. The molecule has 1 aromatic rings. The van der Waals surface area contributed by atoms with Crippen molar-refractivity contribution in [2.75, 3.05) is 12.8 Å². The van der Waals surface area contributed by atoms with E-state index >= 15 is 0 Å². The van der Waals surface area contributed by atoms with Crippen LogP contribution in [0.15, 0.2) is 22.8 Å². The van der Waals surface area contributed by atoms with Gasteiger partial charge in [0.1, 0.15) is 11.8 Å². The van der Waals surface area contributed by atoms with Crippen LogP contribution in [0.2, 0.25) is 0 Å². The number of likely N-dealkylation sites (N-methyl/N-ethyl adjacent to an activating group) is 1. The number of furan rings is 1. The number of carbonyl (C=O) groups is 2. The third kappa shape index (κ3) is 2.12. The molecule has 0 spiro atoms. The fourth-order valence-electron chi connectivity index (χ4n) is 2.97.